The maximum atomic E-state index is 13.5. The van der Waals surface area contributed by atoms with Crippen LogP contribution >= 0.6 is 0 Å². The Kier molecular flexibility index (Phi) is 3.65. The van der Waals surface area contributed by atoms with E-state index in [4.69, 9.17) is 5.73 Å². The van der Waals surface area contributed by atoms with Gasteiger partial charge in [-0.2, -0.15) is 0 Å². The fourth-order valence-electron chi connectivity index (χ4n) is 2.30. The van der Waals surface area contributed by atoms with E-state index in [0.29, 0.717) is 17.4 Å². The summed E-state index contributed by atoms with van der Waals surface area (Å²) in [7, 11) is 0. The smallest absolute Gasteiger partial charge is 0.146 e. The van der Waals surface area contributed by atoms with Crippen molar-refractivity contribution in [2.45, 2.75) is 44.6 Å². The van der Waals surface area contributed by atoms with Crippen molar-refractivity contribution in [3.8, 4) is 0 Å². The topological polar surface area (TPSA) is 38.0 Å². The number of halogens is 1. The summed E-state index contributed by atoms with van der Waals surface area (Å²) in [4.78, 5) is 0. The third-order valence-electron chi connectivity index (χ3n) is 3.21. The SMILES string of the molecule is Nc1ccc(F)c(NC2CCCCCC2)c1. The molecule has 0 aliphatic heterocycles. The molecule has 3 N–H and O–H groups in total. The quantitative estimate of drug-likeness (QED) is 0.593. The maximum absolute atomic E-state index is 13.5. The Bertz CT molecular complexity index is 344. The number of benzene rings is 1. The number of nitrogens with two attached hydrogens (primary N) is 1. The first kappa shape index (κ1) is 11.2. The van der Waals surface area contributed by atoms with Crippen molar-refractivity contribution in [2.24, 2.45) is 0 Å². The molecule has 0 bridgehead atoms. The second-order valence-corrected chi connectivity index (χ2v) is 4.57. The molecule has 0 heterocycles. The molecule has 0 amide bonds. The molecule has 1 aromatic rings. The van der Waals surface area contributed by atoms with Crippen molar-refractivity contribution in [2.75, 3.05) is 11.1 Å². The van der Waals surface area contributed by atoms with Gasteiger partial charge in [-0.25, -0.2) is 4.39 Å². The summed E-state index contributed by atoms with van der Waals surface area (Å²) < 4.78 is 13.5. The fourth-order valence-corrected chi connectivity index (χ4v) is 2.30. The van der Waals surface area contributed by atoms with E-state index in [1.165, 1.54) is 31.7 Å². The molecule has 0 saturated heterocycles. The predicted molar refractivity (Wildman–Crippen MR) is 65.9 cm³/mol. The minimum atomic E-state index is -0.210. The van der Waals surface area contributed by atoms with Crippen molar-refractivity contribution in [1.29, 1.82) is 0 Å². The van der Waals surface area contributed by atoms with E-state index >= 15 is 0 Å². The minimum absolute atomic E-state index is 0.210. The largest absolute Gasteiger partial charge is 0.399 e. The lowest BCUT2D eigenvalue weighted by Gasteiger charge is -2.18. The molecular formula is C13H19FN2. The summed E-state index contributed by atoms with van der Waals surface area (Å²) >= 11 is 0. The molecule has 3 heteroatoms. The molecule has 1 aliphatic carbocycles. The normalized spacial score (nSPS) is 18.1. The Morgan fingerprint density at radius 2 is 1.81 bits per heavy atom. The van der Waals surface area contributed by atoms with Gasteiger partial charge in [0.15, 0.2) is 0 Å². The van der Waals surface area contributed by atoms with Crippen molar-refractivity contribution in [3.63, 3.8) is 0 Å². The van der Waals surface area contributed by atoms with Gasteiger partial charge in [0.05, 0.1) is 5.69 Å². The summed E-state index contributed by atoms with van der Waals surface area (Å²) in [5.74, 6) is -0.210. The van der Waals surface area contributed by atoms with E-state index in [1.54, 1.807) is 12.1 Å². The van der Waals surface area contributed by atoms with Gasteiger partial charge in [0.25, 0.3) is 0 Å². The van der Waals surface area contributed by atoms with Crippen LogP contribution in [0, 0.1) is 5.82 Å². The van der Waals surface area contributed by atoms with Gasteiger partial charge < -0.3 is 11.1 Å². The summed E-state index contributed by atoms with van der Waals surface area (Å²) in [6.07, 6.45) is 7.35. The van der Waals surface area contributed by atoms with Crippen LogP contribution in [0.2, 0.25) is 0 Å². The van der Waals surface area contributed by atoms with Crippen LogP contribution in [0.15, 0.2) is 18.2 Å². The lowest BCUT2D eigenvalue weighted by Crippen LogP contribution is -2.19. The summed E-state index contributed by atoms with van der Waals surface area (Å²) in [5, 5.41) is 3.27. The summed E-state index contributed by atoms with van der Waals surface area (Å²) in [6.45, 7) is 0. The number of hydrogen-bond donors (Lipinski definition) is 2. The van der Waals surface area contributed by atoms with Gasteiger partial charge in [-0.05, 0) is 31.0 Å². The van der Waals surface area contributed by atoms with E-state index in [0.717, 1.165) is 12.8 Å². The fraction of sp³-hybridized carbons (Fsp3) is 0.538. The number of nitrogens with one attached hydrogen (secondary N) is 1. The van der Waals surface area contributed by atoms with Gasteiger partial charge in [-0.3, -0.25) is 0 Å². The highest BCUT2D eigenvalue weighted by molar-refractivity contribution is 5.55. The molecule has 0 aromatic heterocycles. The average molecular weight is 222 g/mol. The Morgan fingerprint density at radius 3 is 2.50 bits per heavy atom. The molecule has 0 radical (unpaired) electrons. The van der Waals surface area contributed by atoms with Crippen molar-refractivity contribution in [3.05, 3.63) is 24.0 Å². The van der Waals surface area contributed by atoms with E-state index in [2.05, 4.69) is 5.32 Å². The number of anilines is 2. The monoisotopic (exact) mass is 222 g/mol. The van der Waals surface area contributed by atoms with Gasteiger partial charge in [0.1, 0.15) is 5.82 Å². The zero-order chi connectivity index (χ0) is 11.4. The van der Waals surface area contributed by atoms with E-state index in [1.807, 2.05) is 0 Å². The average Bonchev–Trinajstić information content (AvgIpc) is 2.52. The lowest BCUT2D eigenvalue weighted by molar-refractivity contribution is 0.597. The molecule has 1 saturated carbocycles. The molecular weight excluding hydrogens is 203 g/mol. The first-order chi connectivity index (χ1) is 7.75. The molecule has 0 atom stereocenters. The minimum Gasteiger partial charge on any atom is -0.399 e. The van der Waals surface area contributed by atoms with Gasteiger partial charge in [-0.15, -0.1) is 0 Å². The lowest BCUT2D eigenvalue weighted by atomic mass is 10.1. The summed E-state index contributed by atoms with van der Waals surface area (Å²) in [6, 6.07) is 5.10. The van der Waals surface area contributed by atoms with Gasteiger partial charge >= 0.3 is 0 Å². The number of nitrogen functional groups attached to an aromatic ring is 1. The highest BCUT2D eigenvalue weighted by Gasteiger charge is 2.13. The Hall–Kier alpha value is -1.25. The van der Waals surface area contributed by atoms with Crippen molar-refractivity contribution in [1.82, 2.24) is 0 Å². The first-order valence-corrected chi connectivity index (χ1v) is 6.07. The summed E-state index contributed by atoms with van der Waals surface area (Å²) in [5.41, 5.74) is 6.81. The van der Waals surface area contributed by atoms with Gasteiger partial charge in [0, 0.05) is 11.7 Å². The third kappa shape index (κ3) is 2.87. The Morgan fingerprint density at radius 1 is 1.12 bits per heavy atom. The van der Waals surface area contributed by atoms with Gasteiger partial charge in [0.2, 0.25) is 0 Å². The van der Waals surface area contributed by atoms with Crippen LogP contribution in [0.4, 0.5) is 15.8 Å². The van der Waals surface area contributed by atoms with E-state index < -0.39 is 0 Å². The third-order valence-corrected chi connectivity index (χ3v) is 3.21. The number of hydrogen-bond acceptors (Lipinski definition) is 2. The molecule has 16 heavy (non-hydrogen) atoms. The molecule has 1 fully saturated rings. The van der Waals surface area contributed by atoms with Crippen LogP contribution in [-0.2, 0) is 0 Å². The second kappa shape index (κ2) is 5.19. The van der Waals surface area contributed by atoms with Crippen molar-refractivity contribution >= 4 is 11.4 Å². The Balaban J connectivity index is 2.04. The van der Waals surface area contributed by atoms with Crippen LogP contribution in [-0.4, -0.2) is 6.04 Å². The molecule has 0 unspecified atom stereocenters. The zero-order valence-electron chi connectivity index (χ0n) is 9.51. The van der Waals surface area contributed by atoms with Crippen molar-refractivity contribution < 1.29 is 4.39 Å². The zero-order valence-corrected chi connectivity index (χ0v) is 9.51. The standard InChI is InChI=1S/C13H19FN2/c14-12-8-7-10(15)9-13(12)16-11-5-3-1-2-4-6-11/h7-9,11,16H,1-6,15H2. The molecule has 2 nitrogen and oxygen atoms in total. The highest BCUT2D eigenvalue weighted by Crippen LogP contribution is 2.24. The van der Waals surface area contributed by atoms with Crippen LogP contribution in [0.25, 0.3) is 0 Å². The van der Waals surface area contributed by atoms with Crippen LogP contribution < -0.4 is 11.1 Å². The predicted octanol–water partition coefficient (Wildman–Crippen LogP) is 3.54. The molecule has 2 rings (SSSR count). The highest BCUT2D eigenvalue weighted by atomic mass is 19.1. The van der Waals surface area contributed by atoms with E-state index in [-0.39, 0.29) is 5.82 Å². The van der Waals surface area contributed by atoms with Gasteiger partial charge in [-0.1, -0.05) is 25.7 Å². The second-order valence-electron chi connectivity index (χ2n) is 4.57. The molecule has 88 valence electrons. The van der Waals surface area contributed by atoms with Crippen LogP contribution in [0.1, 0.15) is 38.5 Å². The molecule has 0 spiro atoms. The van der Waals surface area contributed by atoms with Crippen LogP contribution in [0.3, 0.4) is 0 Å². The van der Waals surface area contributed by atoms with E-state index in [9.17, 15) is 4.39 Å². The molecule has 1 aromatic carbocycles. The first-order valence-electron chi connectivity index (χ1n) is 6.07. The number of rotatable bonds is 2. The van der Waals surface area contributed by atoms with Crippen LogP contribution in [0.5, 0.6) is 0 Å². The Labute approximate surface area is 96.0 Å². The molecule has 1 aliphatic rings. The maximum Gasteiger partial charge on any atom is 0.146 e.